The molecule has 8 heteroatoms. The van der Waals surface area contributed by atoms with Crippen LogP contribution < -0.4 is 22.3 Å². The Balaban J connectivity index is 0. The highest BCUT2D eigenvalue weighted by Crippen LogP contribution is 1.67. The number of carboxylic acids is 1. The third-order valence-corrected chi connectivity index (χ3v) is 0.634. The summed E-state index contributed by atoms with van der Waals surface area (Å²) in [6, 6.07) is 0. The van der Waals surface area contributed by atoms with Crippen molar-refractivity contribution in [3.05, 3.63) is 0 Å². The monoisotopic (exact) mass is 190 g/mol. The van der Waals surface area contributed by atoms with Gasteiger partial charge in [-0.25, -0.2) is 0 Å². The van der Waals surface area contributed by atoms with Gasteiger partial charge in [0, 0.05) is 6.42 Å². The van der Waals surface area contributed by atoms with Gasteiger partial charge >= 0.3 is 5.97 Å². The van der Waals surface area contributed by atoms with E-state index in [0.717, 1.165) is 0 Å². The van der Waals surface area contributed by atoms with Gasteiger partial charge < -0.3 is 16.6 Å². The zero-order valence-electron chi connectivity index (χ0n) is 7.22. The number of hydrogen-bond donors (Lipinski definition) is 7. The number of carboxylic acid groups (broad SMARTS) is 1. The first-order valence-corrected chi connectivity index (χ1v) is 3.32. The second-order valence-corrected chi connectivity index (χ2v) is 1.82. The van der Waals surface area contributed by atoms with E-state index in [-0.39, 0.29) is 18.3 Å². The Morgan fingerprint density at radius 1 is 1.31 bits per heavy atom. The lowest BCUT2D eigenvalue weighted by molar-refractivity contribution is -0.136. The molecule has 0 heterocycles. The predicted molar refractivity (Wildman–Crippen MR) is 48.0 cm³/mol. The van der Waals surface area contributed by atoms with E-state index in [1.165, 1.54) is 0 Å². The standard InChI is InChI=1S/C3H6O2.C2H8N6/c1-2-3(4)5;3-1(4)7-8-2(5)6/h2H2,1H3,(H,4,5);(H4,3,4,7)(H4,5,6,8). The number of nitrogens with one attached hydrogen (secondary N) is 4. The van der Waals surface area contributed by atoms with E-state index in [4.69, 9.17) is 27.4 Å². The van der Waals surface area contributed by atoms with Crippen LogP contribution in [0.5, 0.6) is 0 Å². The van der Waals surface area contributed by atoms with E-state index >= 15 is 0 Å². The summed E-state index contributed by atoms with van der Waals surface area (Å²) in [6.07, 6.45) is 0.222. The Kier molecular flexibility index (Phi) is 8.48. The van der Waals surface area contributed by atoms with Crippen molar-refractivity contribution in [2.45, 2.75) is 13.3 Å². The normalized spacial score (nSPS) is 7.46. The summed E-state index contributed by atoms with van der Waals surface area (Å²) in [5, 5.41) is 20.8. The van der Waals surface area contributed by atoms with Gasteiger partial charge in [-0.15, -0.1) is 0 Å². The van der Waals surface area contributed by atoms with Gasteiger partial charge in [0.1, 0.15) is 0 Å². The second kappa shape index (κ2) is 8.11. The van der Waals surface area contributed by atoms with Crippen molar-refractivity contribution in [1.29, 1.82) is 10.8 Å². The van der Waals surface area contributed by atoms with E-state index in [2.05, 4.69) is 10.9 Å². The summed E-state index contributed by atoms with van der Waals surface area (Å²) in [6.45, 7) is 1.60. The zero-order chi connectivity index (χ0) is 10.9. The van der Waals surface area contributed by atoms with E-state index in [9.17, 15) is 4.79 Å². The molecule has 0 rings (SSSR count). The molecular formula is C5H14N6O2. The molecule has 0 atom stereocenters. The quantitative estimate of drug-likeness (QED) is 0.149. The number of rotatable bonds is 1. The maximum atomic E-state index is 9.37. The molecule has 0 amide bonds. The highest BCUT2D eigenvalue weighted by molar-refractivity contribution is 5.80. The largest absolute Gasteiger partial charge is 0.481 e. The van der Waals surface area contributed by atoms with Gasteiger partial charge in [0.15, 0.2) is 0 Å². The lowest BCUT2D eigenvalue weighted by atomic mass is 10.5. The van der Waals surface area contributed by atoms with Crippen molar-refractivity contribution < 1.29 is 9.90 Å². The highest BCUT2D eigenvalue weighted by Gasteiger charge is 1.83. The van der Waals surface area contributed by atoms with Crippen LogP contribution in [0.4, 0.5) is 0 Å². The molecule has 13 heavy (non-hydrogen) atoms. The Bertz CT molecular complexity index is 177. The van der Waals surface area contributed by atoms with E-state index in [1.54, 1.807) is 6.92 Å². The second-order valence-electron chi connectivity index (χ2n) is 1.82. The molecule has 0 radical (unpaired) electrons. The van der Waals surface area contributed by atoms with Crippen LogP contribution in [0.15, 0.2) is 0 Å². The molecule has 9 N–H and O–H groups in total. The Morgan fingerprint density at radius 2 is 1.54 bits per heavy atom. The van der Waals surface area contributed by atoms with Crippen LogP contribution in [0, 0.1) is 10.8 Å². The van der Waals surface area contributed by atoms with E-state index in [1.807, 2.05) is 0 Å². The topological polar surface area (TPSA) is 161 Å². The maximum absolute atomic E-state index is 9.37. The van der Waals surface area contributed by atoms with Gasteiger partial charge in [0.2, 0.25) is 11.9 Å². The van der Waals surface area contributed by atoms with Gasteiger partial charge in [0.05, 0.1) is 0 Å². The molecular weight excluding hydrogens is 176 g/mol. The van der Waals surface area contributed by atoms with Gasteiger partial charge in [-0.2, -0.15) is 0 Å². The lowest BCUT2D eigenvalue weighted by Crippen LogP contribution is -2.47. The number of nitrogens with two attached hydrogens (primary N) is 2. The minimum Gasteiger partial charge on any atom is -0.481 e. The molecule has 0 aliphatic rings. The maximum Gasteiger partial charge on any atom is 0.303 e. The highest BCUT2D eigenvalue weighted by atomic mass is 16.4. The minimum absolute atomic E-state index is 0.222. The van der Waals surface area contributed by atoms with Crippen LogP contribution in [0.25, 0.3) is 0 Å². The molecule has 0 saturated carbocycles. The summed E-state index contributed by atoms with van der Waals surface area (Å²) in [4.78, 5) is 9.37. The van der Waals surface area contributed by atoms with Crippen molar-refractivity contribution in [2.24, 2.45) is 11.5 Å². The van der Waals surface area contributed by atoms with Crippen LogP contribution >= 0.6 is 0 Å². The van der Waals surface area contributed by atoms with Crippen molar-refractivity contribution in [1.82, 2.24) is 10.9 Å². The van der Waals surface area contributed by atoms with Crippen LogP contribution in [-0.4, -0.2) is 23.0 Å². The summed E-state index contributed by atoms with van der Waals surface area (Å²) < 4.78 is 0. The van der Waals surface area contributed by atoms with Crippen molar-refractivity contribution in [2.75, 3.05) is 0 Å². The van der Waals surface area contributed by atoms with Gasteiger partial charge in [-0.1, -0.05) is 6.92 Å². The zero-order valence-corrected chi connectivity index (χ0v) is 7.22. The SMILES string of the molecule is CCC(=O)O.N=C(N)NNC(=N)N. The van der Waals surface area contributed by atoms with E-state index in [0.29, 0.717) is 0 Å². The lowest BCUT2D eigenvalue weighted by Gasteiger charge is -2.02. The third kappa shape index (κ3) is 25.6. The number of carbonyl (C=O) groups is 1. The van der Waals surface area contributed by atoms with Crippen LogP contribution in [0.1, 0.15) is 13.3 Å². The van der Waals surface area contributed by atoms with Gasteiger partial charge in [-0.05, 0) is 0 Å². The van der Waals surface area contributed by atoms with E-state index < -0.39 is 5.97 Å². The molecule has 76 valence electrons. The third-order valence-electron chi connectivity index (χ3n) is 0.634. The van der Waals surface area contributed by atoms with Crippen molar-refractivity contribution in [3.63, 3.8) is 0 Å². The Morgan fingerprint density at radius 3 is 1.62 bits per heavy atom. The molecule has 0 spiro atoms. The molecule has 0 aromatic heterocycles. The molecule has 0 bridgehead atoms. The molecule has 0 aliphatic heterocycles. The smallest absolute Gasteiger partial charge is 0.303 e. The number of guanidine groups is 2. The first-order valence-electron chi connectivity index (χ1n) is 3.32. The molecule has 0 aromatic rings. The summed E-state index contributed by atoms with van der Waals surface area (Å²) in [7, 11) is 0. The van der Waals surface area contributed by atoms with Gasteiger partial charge in [0.25, 0.3) is 0 Å². The van der Waals surface area contributed by atoms with Crippen molar-refractivity contribution >= 4 is 17.9 Å². The molecule has 0 aliphatic carbocycles. The first-order chi connectivity index (χ1) is 5.90. The van der Waals surface area contributed by atoms with Gasteiger partial charge in [-0.3, -0.25) is 26.5 Å². The fraction of sp³-hybridized carbons (Fsp3) is 0.400. The number of hydrazine groups is 1. The average molecular weight is 190 g/mol. The van der Waals surface area contributed by atoms with Crippen LogP contribution in [0.2, 0.25) is 0 Å². The molecule has 0 aromatic carbocycles. The molecule has 0 unspecified atom stereocenters. The Hall–Kier alpha value is -1.99. The number of aliphatic carboxylic acids is 1. The molecule has 0 fully saturated rings. The fourth-order valence-corrected chi connectivity index (χ4v) is 0.135. The number of hydrogen-bond acceptors (Lipinski definition) is 3. The summed E-state index contributed by atoms with van der Waals surface area (Å²) >= 11 is 0. The molecule has 0 saturated heterocycles. The minimum atomic E-state index is -0.745. The molecule has 8 nitrogen and oxygen atoms in total. The Labute approximate surface area is 75.3 Å². The average Bonchev–Trinajstić information content (AvgIpc) is 2.02. The summed E-state index contributed by atoms with van der Waals surface area (Å²) in [5.41, 5.74) is 13.8. The predicted octanol–water partition coefficient (Wildman–Crippen LogP) is -1.65. The van der Waals surface area contributed by atoms with Crippen LogP contribution in [0.3, 0.4) is 0 Å². The first kappa shape index (κ1) is 13.6. The van der Waals surface area contributed by atoms with Crippen LogP contribution in [-0.2, 0) is 4.79 Å². The van der Waals surface area contributed by atoms with Crippen molar-refractivity contribution in [3.8, 4) is 0 Å². The summed E-state index contributed by atoms with van der Waals surface area (Å²) in [5.74, 6) is -1.30. The fourth-order valence-electron chi connectivity index (χ4n) is 0.135.